The zero-order chi connectivity index (χ0) is 26.5. The van der Waals surface area contributed by atoms with Gasteiger partial charge in [-0.25, -0.2) is 13.1 Å². The van der Waals surface area contributed by atoms with Gasteiger partial charge in [-0.05, 0) is 47.0 Å². The molecule has 0 aliphatic heterocycles. The fourth-order valence-electron chi connectivity index (χ4n) is 4.60. The summed E-state index contributed by atoms with van der Waals surface area (Å²) < 4.78 is 42.9. The van der Waals surface area contributed by atoms with Gasteiger partial charge in [-0.2, -0.15) is 4.98 Å². The van der Waals surface area contributed by atoms with Crippen molar-refractivity contribution in [3.63, 3.8) is 0 Å². The monoisotopic (exact) mass is 524 g/mol. The van der Waals surface area contributed by atoms with Gasteiger partial charge in [0.2, 0.25) is 5.89 Å². The van der Waals surface area contributed by atoms with E-state index in [2.05, 4.69) is 15.3 Å². The molecule has 1 N–H and O–H groups in total. The number of hydrogen-bond donors (Lipinski definition) is 1. The van der Waals surface area contributed by atoms with E-state index in [0.29, 0.717) is 12.3 Å². The molecule has 36 heavy (non-hydrogen) atoms. The second kappa shape index (κ2) is 11.5. The highest BCUT2D eigenvalue weighted by Gasteiger charge is 2.31. The van der Waals surface area contributed by atoms with E-state index in [-0.39, 0.29) is 28.7 Å². The number of nitrogens with one attached hydrogen (secondary N) is 1. The van der Waals surface area contributed by atoms with Crippen LogP contribution in [0.4, 0.5) is 0 Å². The summed E-state index contributed by atoms with van der Waals surface area (Å²) in [4.78, 5) is 29.1. The van der Waals surface area contributed by atoms with Crippen molar-refractivity contribution in [3.8, 4) is 0 Å². The Balaban J connectivity index is 1.71. The van der Waals surface area contributed by atoms with Crippen LogP contribution < -0.4 is 4.72 Å². The molecule has 2 aromatic rings. The average Bonchev–Trinajstić information content (AvgIpc) is 3.39. The Kier molecular flexibility index (Phi) is 8.91. The first-order chi connectivity index (χ1) is 16.9. The van der Waals surface area contributed by atoms with Gasteiger partial charge in [0.05, 0.1) is 6.42 Å². The molecule has 0 aromatic carbocycles. The third kappa shape index (κ3) is 7.62. The standard InChI is InChI=1S/C24H36N4O7S/c1-15-20(16(2)34-26-15)36(31,32)28-22(30)21-25-23(35-27-21)18(14-19(29)33-24(3,4)5)13-9-12-17-10-7-6-8-11-17/h17-18H,6-14H2,1-5H3,(H,28,30). The van der Waals surface area contributed by atoms with Gasteiger partial charge in [-0.3, -0.25) is 9.59 Å². The molecule has 2 aromatic heterocycles. The minimum atomic E-state index is -4.25. The molecule has 1 aliphatic rings. The minimum Gasteiger partial charge on any atom is -0.460 e. The van der Waals surface area contributed by atoms with Crippen molar-refractivity contribution in [2.24, 2.45) is 5.92 Å². The number of carbonyl (C=O) groups is 2. The van der Waals surface area contributed by atoms with Crippen LogP contribution in [0.3, 0.4) is 0 Å². The van der Waals surface area contributed by atoms with Crippen molar-refractivity contribution in [2.75, 3.05) is 0 Å². The predicted molar refractivity (Wildman–Crippen MR) is 129 cm³/mol. The Morgan fingerprint density at radius 2 is 1.81 bits per heavy atom. The van der Waals surface area contributed by atoms with Crippen molar-refractivity contribution in [3.05, 3.63) is 23.2 Å². The summed E-state index contributed by atoms with van der Waals surface area (Å²) >= 11 is 0. The van der Waals surface area contributed by atoms with Gasteiger partial charge in [-0.1, -0.05) is 55.3 Å². The molecule has 0 spiro atoms. The fraction of sp³-hybridized carbons (Fsp3) is 0.708. The van der Waals surface area contributed by atoms with Gasteiger partial charge in [0, 0.05) is 5.92 Å². The van der Waals surface area contributed by atoms with Crippen LogP contribution in [0.25, 0.3) is 0 Å². The fourth-order valence-corrected chi connectivity index (χ4v) is 5.88. The van der Waals surface area contributed by atoms with Crippen molar-refractivity contribution < 1.29 is 31.8 Å². The van der Waals surface area contributed by atoms with Gasteiger partial charge in [0.25, 0.3) is 15.8 Å². The SMILES string of the molecule is Cc1noc(C)c1S(=O)(=O)NC(=O)c1noc(C(CCCC2CCCCC2)CC(=O)OC(C)(C)C)n1. The summed E-state index contributed by atoms with van der Waals surface area (Å²) in [6, 6.07) is 0. The lowest BCUT2D eigenvalue weighted by Gasteiger charge is -2.23. The number of ether oxygens (including phenoxy) is 1. The Labute approximate surface area is 211 Å². The molecule has 0 bridgehead atoms. The zero-order valence-electron chi connectivity index (χ0n) is 21.6. The lowest BCUT2D eigenvalue weighted by Crippen LogP contribution is -2.32. The second-order valence-electron chi connectivity index (χ2n) is 10.5. The first kappa shape index (κ1) is 27.8. The van der Waals surface area contributed by atoms with Crippen LogP contribution >= 0.6 is 0 Å². The Morgan fingerprint density at radius 1 is 1.11 bits per heavy atom. The third-order valence-electron chi connectivity index (χ3n) is 6.18. The molecule has 1 amide bonds. The number of esters is 1. The van der Waals surface area contributed by atoms with E-state index < -0.39 is 39.2 Å². The van der Waals surface area contributed by atoms with E-state index >= 15 is 0 Å². The number of aromatic nitrogens is 3. The number of sulfonamides is 1. The summed E-state index contributed by atoms with van der Waals surface area (Å²) in [6.45, 7) is 8.25. The van der Waals surface area contributed by atoms with Crippen LogP contribution in [0.15, 0.2) is 13.9 Å². The Bertz CT molecular complexity index is 1140. The number of nitrogens with zero attached hydrogens (tertiary/aromatic N) is 3. The molecular formula is C24H36N4O7S. The van der Waals surface area contributed by atoms with Crippen LogP contribution in [-0.4, -0.2) is 41.2 Å². The Hall–Kier alpha value is -2.76. The molecule has 1 aliphatic carbocycles. The molecule has 1 fully saturated rings. The summed E-state index contributed by atoms with van der Waals surface area (Å²) in [5.41, 5.74) is -0.520. The lowest BCUT2D eigenvalue weighted by atomic mass is 9.84. The highest BCUT2D eigenvalue weighted by molar-refractivity contribution is 7.90. The zero-order valence-corrected chi connectivity index (χ0v) is 22.4. The van der Waals surface area contributed by atoms with E-state index in [1.807, 2.05) is 4.72 Å². The average molecular weight is 525 g/mol. The molecule has 0 radical (unpaired) electrons. The maximum atomic E-state index is 12.7. The molecule has 2 heterocycles. The van der Waals surface area contributed by atoms with Gasteiger partial charge < -0.3 is 13.8 Å². The normalized spacial score (nSPS) is 16.0. The maximum absolute atomic E-state index is 12.7. The quantitative estimate of drug-likeness (QED) is 0.443. The van der Waals surface area contributed by atoms with E-state index in [9.17, 15) is 18.0 Å². The number of carbonyl (C=O) groups excluding carboxylic acids is 2. The maximum Gasteiger partial charge on any atom is 0.307 e. The number of amides is 1. The molecular weight excluding hydrogens is 488 g/mol. The Morgan fingerprint density at radius 3 is 2.42 bits per heavy atom. The highest BCUT2D eigenvalue weighted by atomic mass is 32.2. The molecule has 3 rings (SSSR count). The molecule has 11 nitrogen and oxygen atoms in total. The largest absolute Gasteiger partial charge is 0.460 e. The summed E-state index contributed by atoms with van der Waals surface area (Å²) in [7, 11) is -4.25. The predicted octanol–water partition coefficient (Wildman–Crippen LogP) is 4.36. The number of rotatable bonds is 10. The lowest BCUT2D eigenvalue weighted by molar-refractivity contribution is -0.155. The molecule has 200 valence electrons. The van der Waals surface area contributed by atoms with Crippen LogP contribution in [0.1, 0.15) is 112 Å². The minimum absolute atomic E-state index is 0.0164. The van der Waals surface area contributed by atoms with E-state index in [1.54, 1.807) is 20.8 Å². The van der Waals surface area contributed by atoms with E-state index in [0.717, 1.165) is 12.8 Å². The molecule has 1 atom stereocenters. The highest BCUT2D eigenvalue weighted by Crippen LogP contribution is 2.31. The van der Waals surface area contributed by atoms with Crippen molar-refractivity contribution in [1.29, 1.82) is 0 Å². The van der Waals surface area contributed by atoms with Gasteiger partial charge in [-0.15, -0.1) is 0 Å². The van der Waals surface area contributed by atoms with Gasteiger partial charge in [0.1, 0.15) is 11.3 Å². The second-order valence-corrected chi connectivity index (χ2v) is 12.1. The molecule has 0 saturated heterocycles. The van der Waals surface area contributed by atoms with Crippen molar-refractivity contribution in [1.82, 2.24) is 20.0 Å². The van der Waals surface area contributed by atoms with E-state index in [1.165, 1.54) is 46.0 Å². The van der Waals surface area contributed by atoms with Gasteiger partial charge in [0.15, 0.2) is 10.7 Å². The first-order valence-electron chi connectivity index (χ1n) is 12.4. The topological polar surface area (TPSA) is 154 Å². The van der Waals surface area contributed by atoms with Crippen LogP contribution in [0.5, 0.6) is 0 Å². The summed E-state index contributed by atoms with van der Waals surface area (Å²) in [5, 5.41) is 7.28. The van der Waals surface area contributed by atoms with E-state index in [4.69, 9.17) is 13.8 Å². The first-order valence-corrected chi connectivity index (χ1v) is 13.9. The molecule has 1 saturated carbocycles. The molecule has 12 heteroatoms. The smallest absolute Gasteiger partial charge is 0.307 e. The summed E-state index contributed by atoms with van der Waals surface area (Å²) in [5.74, 6) is -1.52. The van der Waals surface area contributed by atoms with Crippen molar-refractivity contribution >= 4 is 21.9 Å². The van der Waals surface area contributed by atoms with Crippen LogP contribution in [0, 0.1) is 19.8 Å². The number of hydrogen-bond acceptors (Lipinski definition) is 10. The third-order valence-corrected chi connectivity index (χ3v) is 7.75. The molecule has 1 unspecified atom stereocenters. The number of aryl methyl sites for hydroxylation is 2. The van der Waals surface area contributed by atoms with Crippen molar-refractivity contribution in [2.45, 2.75) is 109 Å². The van der Waals surface area contributed by atoms with Gasteiger partial charge >= 0.3 is 11.9 Å². The summed E-state index contributed by atoms with van der Waals surface area (Å²) in [6.07, 6.45) is 8.78. The van der Waals surface area contributed by atoms with Crippen LogP contribution in [0.2, 0.25) is 0 Å². The van der Waals surface area contributed by atoms with Crippen LogP contribution in [-0.2, 0) is 19.6 Å².